The van der Waals surface area contributed by atoms with Crippen LogP contribution in [0.25, 0.3) is 0 Å². The van der Waals surface area contributed by atoms with Crippen LogP contribution in [0, 0.1) is 0 Å². The first kappa shape index (κ1) is 14.5. The van der Waals surface area contributed by atoms with Crippen LogP contribution in [0.2, 0.25) is 0 Å². The number of carbonyl (C=O) groups excluding carboxylic acids is 1. The molecule has 1 fully saturated rings. The molecule has 19 heavy (non-hydrogen) atoms. The second kappa shape index (κ2) is 6.05. The van der Waals surface area contributed by atoms with Gasteiger partial charge in [0.05, 0.1) is 15.7 Å². The van der Waals surface area contributed by atoms with Crippen molar-refractivity contribution in [2.24, 2.45) is 0 Å². The molecule has 1 aliphatic carbocycles. The van der Waals surface area contributed by atoms with Gasteiger partial charge >= 0.3 is 0 Å². The summed E-state index contributed by atoms with van der Waals surface area (Å²) in [7, 11) is -1.34. The smallest absolute Gasteiger partial charge is 0.235 e. The van der Waals surface area contributed by atoms with Crippen LogP contribution in [0.1, 0.15) is 19.8 Å². The molecule has 104 valence electrons. The number of halogens is 1. The van der Waals surface area contributed by atoms with E-state index in [-0.39, 0.29) is 11.7 Å². The standard InChI is InChI=1S/C13H17BrN2O2S/c1-2-16(10-4-5-10)13(17)8-19(18)12-6-3-9(15)7-11(12)14/h3,6-7,10H,2,4-5,8,15H2,1H3. The minimum absolute atomic E-state index is 0.0346. The summed E-state index contributed by atoms with van der Waals surface area (Å²) in [5.41, 5.74) is 6.25. The lowest BCUT2D eigenvalue weighted by molar-refractivity contribution is -0.128. The highest BCUT2D eigenvalue weighted by atomic mass is 79.9. The normalized spacial score (nSPS) is 16.1. The van der Waals surface area contributed by atoms with Crippen molar-refractivity contribution in [1.82, 2.24) is 4.90 Å². The maximum absolute atomic E-state index is 12.2. The topological polar surface area (TPSA) is 63.4 Å². The zero-order valence-electron chi connectivity index (χ0n) is 10.8. The van der Waals surface area contributed by atoms with Crippen molar-refractivity contribution in [2.75, 3.05) is 18.0 Å². The number of benzene rings is 1. The van der Waals surface area contributed by atoms with E-state index in [1.54, 1.807) is 18.2 Å². The molecule has 6 heteroatoms. The molecule has 0 bridgehead atoms. The molecule has 0 radical (unpaired) electrons. The number of nitrogens with two attached hydrogens (primary N) is 1. The predicted octanol–water partition coefficient (Wildman–Crippen LogP) is 2.15. The van der Waals surface area contributed by atoms with Gasteiger partial charge in [0, 0.05) is 22.7 Å². The molecule has 0 aliphatic heterocycles. The first-order valence-corrected chi connectivity index (χ1v) is 8.37. The van der Waals surface area contributed by atoms with Crippen LogP contribution in [0.5, 0.6) is 0 Å². The summed E-state index contributed by atoms with van der Waals surface area (Å²) in [6, 6.07) is 5.47. The van der Waals surface area contributed by atoms with E-state index in [1.165, 1.54) is 0 Å². The van der Waals surface area contributed by atoms with Crippen molar-refractivity contribution in [2.45, 2.75) is 30.7 Å². The number of amides is 1. The van der Waals surface area contributed by atoms with Crippen LogP contribution >= 0.6 is 15.9 Å². The largest absolute Gasteiger partial charge is 0.399 e. The Bertz CT molecular complexity index is 517. The van der Waals surface area contributed by atoms with Crippen molar-refractivity contribution < 1.29 is 9.00 Å². The van der Waals surface area contributed by atoms with Gasteiger partial charge in [-0.05, 0) is 53.9 Å². The van der Waals surface area contributed by atoms with Crippen LogP contribution < -0.4 is 5.73 Å². The molecule has 1 atom stereocenters. The Hall–Kier alpha value is -0.880. The van der Waals surface area contributed by atoms with E-state index in [0.717, 1.165) is 12.8 Å². The molecule has 4 nitrogen and oxygen atoms in total. The Balaban J connectivity index is 2.05. The SMILES string of the molecule is CCN(C(=O)CS(=O)c1ccc(N)cc1Br)C1CC1. The van der Waals surface area contributed by atoms with Crippen LogP contribution in [0.4, 0.5) is 5.69 Å². The maximum Gasteiger partial charge on any atom is 0.235 e. The van der Waals surface area contributed by atoms with Crippen molar-refractivity contribution in [3.63, 3.8) is 0 Å². The summed E-state index contributed by atoms with van der Waals surface area (Å²) in [5, 5.41) is 0. The van der Waals surface area contributed by atoms with Crippen LogP contribution in [0.15, 0.2) is 27.6 Å². The number of carbonyl (C=O) groups is 1. The second-order valence-corrected chi connectivity index (χ2v) is 6.86. The van der Waals surface area contributed by atoms with Crippen LogP contribution in [-0.4, -0.2) is 33.4 Å². The Labute approximate surface area is 123 Å². The lowest BCUT2D eigenvalue weighted by atomic mass is 10.3. The minimum atomic E-state index is -1.34. The lowest BCUT2D eigenvalue weighted by Gasteiger charge is -2.20. The number of hydrogen-bond donors (Lipinski definition) is 1. The molecule has 1 aliphatic rings. The summed E-state index contributed by atoms with van der Waals surface area (Å²) in [6.45, 7) is 2.64. The first-order chi connectivity index (χ1) is 9.02. The van der Waals surface area contributed by atoms with Gasteiger partial charge in [0.15, 0.2) is 0 Å². The molecule has 1 aromatic rings. The van der Waals surface area contributed by atoms with E-state index >= 15 is 0 Å². The number of anilines is 1. The Morgan fingerprint density at radius 1 is 1.53 bits per heavy atom. The molecule has 0 spiro atoms. The summed E-state index contributed by atoms with van der Waals surface area (Å²) < 4.78 is 12.9. The molecule has 0 heterocycles. The van der Waals surface area contributed by atoms with E-state index in [0.29, 0.717) is 27.6 Å². The molecule has 2 rings (SSSR count). The molecular weight excluding hydrogens is 328 g/mol. The van der Waals surface area contributed by atoms with Crippen LogP contribution in [0.3, 0.4) is 0 Å². The third-order valence-electron chi connectivity index (χ3n) is 3.10. The van der Waals surface area contributed by atoms with Crippen molar-refractivity contribution in [3.8, 4) is 0 Å². The molecular formula is C13H17BrN2O2S. The fraction of sp³-hybridized carbons (Fsp3) is 0.462. The highest BCUT2D eigenvalue weighted by molar-refractivity contribution is 9.10. The third-order valence-corrected chi connectivity index (χ3v) is 5.38. The van der Waals surface area contributed by atoms with Gasteiger partial charge in [-0.25, -0.2) is 0 Å². The first-order valence-electron chi connectivity index (χ1n) is 6.25. The Morgan fingerprint density at radius 2 is 2.21 bits per heavy atom. The van der Waals surface area contributed by atoms with E-state index in [4.69, 9.17) is 5.73 Å². The zero-order valence-corrected chi connectivity index (χ0v) is 13.2. The van der Waals surface area contributed by atoms with Crippen molar-refractivity contribution in [1.29, 1.82) is 0 Å². The average Bonchev–Trinajstić information content (AvgIpc) is 3.14. The van der Waals surface area contributed by atoms with E-state index in [9.17, 15) is 9.00 Å². The van der Waals surface area contributed by atoms with Gasteiger partial charge < -0.3 is 10.6 Å². The van der Waals surface area contributed by atoms with Crippen LogP contribution in [-0.2, 0) is 15.6 Å². The molecule has 1 amide bonds. The summed E-state index contributed by atoms with van der Waals surface area (Å²) >= 11 is 3.34. The molecule has 1 unspecified atom stereocenters. The molecule has 1 aromatic carbocycles. The summed E-state index contributed by atoms with van der Waals surface area (Å²) in [4.78, 5) is 14.6. The molecule has 0 saturated heterocycles. The Morgan fingerprint density at radius 3 is 2.74 bits per heavy atom. The van der Waals surface area contributed by atoms with Gasteiger partial charge in [-0.3, -0.25) is 9.00 Å². The fourth-order valence-electron chi connectivity index (χ4n) is 2.00. The van der Waals surface area contributed by atoms with E-state index in [1.807, 2.05) is 11.8 Å². The summed E-state index contributed by atoms with van der Waals surface area (Å²) in [5.74, 6) is -0.000550. The van der Waals surface area contributed by atoms with Gasteiger partial charge in [0.25, 0.3) is 0 Å². The van der Waals surface area contributed by atoms with Gasteiger partial charge in [0.2, 0.25) is 5.91 Å². The quantitative estimate of drug-likeness (QED) is 0.832. The maximum atomic E-state index is 12.2. The number of nitrogen functional groups attached to an aromatic ring is 1. The van der Waals surface area contributed by atoms with Gasteiger partial charge in [-0.15, -0.1) is 0 Å². The number of hydrogen-bond acceptors (Lipinski definition) is 3. The highest BCUT2D eigenvalue weighted by Crippen LogP contribution is 2.27. The van der Waals surface area contributed by atoms with Crippen molar-refractivity contribution >= 4 is 38.3 Å². The van der Waals surface area contributed by atoms with E-state index < -0.39 is 10.8 Å². The lowest BCUT2D eigenvalue weighted by Crippen LogP contribution is -2.36. The fourth-order valence-corrected chi connectivity index (χ4v) is 3.98. The molecule has 2 N–H and O–H groups in total. The summed E-state index contributed by atoms with van der Waals surface area (Å²) in [6.07, 6.45) is 2.13. The zero-order chi connectivity index (χ0) is 14.0. The predicted molar refractivity (Wildman–Crippen MR) is 80.2 cm³/mol. The highest BCUT2D eigenvalue weighted by Gasteiger charge is 2.32. The number of rotatable bonds is 5. The number of nitrogens with zero attached hydrogens (tertiary/aromatic N) is 1. The third kappa shape index (κ3) is 3.57. The average molecular weight is 345 g/mol. The minimum Gasteiger partial charge on any atom is -0.399 e. The van der Waals surface area contributed by atoms with E-state index in [2.05, 4.69) is 15.9 Å². The second-order valence-electron chi connectivity index (χ2n) is 4.59. The molecule has 1 saturated carbocycles. The van der Waals surface area contributed by atoms with Crippen molar-refractivity contribution in [3.05, 3.63) is 22.7 Å². The van der Waals surface area contributed by atoms with Gasteiger partial charge in [0.1, 0.15) is 5.75 Å². The Kier molecular flexibility index (Phi) is 4.62. The van der Waals surface area contributed by atoms with Gasteiger partial charge in [-0.1, -0.05) is 0 Å². The monoisotopic (exact) mass is 344 g/mol. The van der Waals surface area contributed by atoms with Gasteiger partial charge in [-0.2, -0.15) is 0 Å². The molecule has 0 aromatic heterocycles.